The number of thiazole rings is 1. The summed E-state index contributed by atoms with van der Waals surface area (Å²) < 4.78 is 0. The van der Waals surface area contributed by atoms with Crippen LogP contribution in [0.5, 0.6) is 0 Å². The number of aryl methyl sites for hydroxylation is 1. The van der Waals surface area contributed by atoms with E-state index in [1.807, 2.05) is 12.3 Å². The summed E-state index contributed by atoms with van der Waals surface area (Å²) in [5.74, 6) is -1.22. The Labute approximate surface area is 110 Å². The fraction of sp³-hybridized carbons (Fsp3) is 0.583. The zero-order valence-corrected chi connectivity index (χ0v) is 11.9. The molecule has 0 aliphatic carbocycles. The van der Waals surface area contributed by atoms with Crippen molar-refractivity contribution < 1.29 is 14.7 Å². The van der Waals surface area contributed by atoms with Gasteiger partial charge in [-0.3, -0.25) is 4.79 Å². The summed E-state index contributed by atoms with van der Waals surface area (Å²) in [5, 5.41) is 11.9. The third-order valence-corrected chi connectivity index (χ3v) is 3.64. The van der Waals surface area contributed by atoms with Gasteiger partial charge in [-0.2, -0.15) is 0 Å². The van der Waals surface area contributed by atoms with Crippen molar-refractivity contribution in [1.29, 1.82) is 0 Å². The van der Waals surface area contributed by atoms with Gasteiger partial charge in [-0.1, -0.05) is 0 Å². The molecule has 0 unspecified atom stereocenters. The molecule has 1 aromatic heterocycles. The molecule has 1 rings (SSSR count). The van der Waals surface area contributed by atoms with E-state index in [2.05, 4.69) is 4.98 Å². The lowest BCUT2D eigenvalue weighted by molar-refractivity contribution is -0.156. The first-order chi connectivity index (χ1) is 8.28. The van der Waals surface area contributed by atoms with Crippen LogP contribution in [0.2, 0.25) is 0 Å². The molecule has 0 radical (unpaired) electrons. The average molecular weight is 270 g/mol. The monoisotopic (exact) mass is 270 g/mol. The predicted molar refractivity (Wildman–Crippen MR) is 69.7 cm³/mol. The van der Waals surface area contributed by atoms with Crippen LogP contribution in [0.15, 0.2) is 5.38 Å². The van der Waals surface area contributed by atoms with Crippen molar-refractivity contribution in [2.45, 2.75) is 39.7 Å². The highest BCUT2D eigenvalue weighted by molar-refractivity contribution is 7.09. The molecule has 18 heavy (non-hydrogen) atoms. The Kier molecular flexibility index (Phi) is 4.45. The maximum atomic E-state index is 12.1. The highest BCUT2D eigenvalue weighted by Crippen LogP contribution is 2.17. The van der Waals surface area contributed by atoms with Gasteiger partial charge in [-0.15, -0.1) is 11.3 Å². The minimum Gasteiger partial charge on any atom is -0.480 e. The average Bonchev–Trinajstić information content (AvgIpc) is 2.64. The first-order valence-electron chi connectivity index (χ1n) is 5.74. The van der Waals surface area contributed by atoms with Crippen molar-refractivity contribution >= 4 is 23.2 Å². The highest BCUT2D eigenvalue weighted by Gasteiger charge is 2.36. The van der Waals surface area contributed by atoms with E-state index in [0.29, 0.717) is 12.2 Å². The van der Waals surface area contributed by atoms with Gasteiger partial charge in [0.1, 0.15) is 5.54 Å². The van der Waals surface area contributed by atoms with Crippen molar-refractivity contribution in [2.24, 2.45) is 0 Å². The van der Waals surface area contributed by atoms with Crippen LogP contribution >= 0.6 is 11.3 Å². The Morgan fingerprint density at radius 1 is 1.50 bits per heavy atom. The lowest BCUT2D eigenvalue weighted by atomic mass is 10.0. The van der Waals surface area contributed by atoms with Crippen LogP contribution in [0.25, 0.3) is 0 Å². The lowest BCUT2D eigenvalue weighted by Gasteiger charge is -2.34. The third-order valence-electron chi connectivity index (χ3n) is 2.81. The van der Waals surface area contributed by atoms with Gasteiger partial charge in [0.05, 0.1) is 17.1 Å². The summed E-state index contributed by atoms with van der Waals surface area (Å²) in [4.78, 5) is 28.9. The van der Waals surface area contributed by atoms with Gasteiger partial charge in [0, 0.05) is 11.9 Å². The molecule has 0 aliphatic rings. The predicted octanol–water partition coefficient (Wildman–Crippen LogP) is 1.71. The molecular weight excluding hydrogens is 252 g/mol. The molecule has 1 amide bonds. The summed E-state index contributed by atoms with van der Waals surface area (Å²) >= 11 is 1.48. The highest BCUT2D eigenvalue weighted by atomic mass is 32.1. The fourth-order valence-corrected chi connectivity index (χ4v) is 2.35. The molecule has 0 fully saturated rings. The molecular formula is C12H18N2O3S. The van der Waals surface area contributed by atoms with Gasteiger partial charge in [-0.05, 0) is 27.7 Å². The number of carbonyl (C=O) groups excluding carboxylic acids is 1. The first-order valence-corrected chi connectivity index (χ1v) is 6.61. The number of nitrogens with zero attached hydrogens (tertiary/aromatic N) is 2. The van der Waals surface area contributed by atoms with Crippen molar-refractivity contribution in [3.8, 4) is 0 Å². The number of amides is 1. The molecule has 5 nitrogen and oxygen atoms in total. The Morgan fingerprint density at radius 2 is 2.11 bits per heavy atom. The third kappa shape index (κ3) is 3.07. The molecule has 0 saturated carbocycles. The van der Waals surface area contributed by atoms with E-state index >= 15 is 0 Å². The van der Waals surface area contributed by atoms with E-state index in [-0.39, 0.29) is 12.3 Å². The molecule has 1 aromatic rings. The van der Waals surface area contributed by atoms with Gasteiger partial charge < -0.3 is 10.0 Å². The van der Waals surface area contributed by atoms with E-state index in [0.717, 1.165) is 5.01 Å². The van der Waals surface area contributed by atoms with Gasteiger partial charge in [0.2, 0.25) is 5.91 Å². The molecule has 0 spiro atoms. The lowest BCUT2D eigenvalue weighted by Crippen LogP contribution is -2.53. The second-order valence-corrected chi connectivity index (χ2v) is 5.60. The van der Waals surface area contributed by atoms with E-state index < -0.39 is 11.5 Å². The summed E-state index contributed by atoms with van der Waals surface area (Å²) in [6.45, 7) is 7.07. The van der Waals surface area contributed by atoms with Crippen LogP contribution in [0.1, 0.15) is 31.5 Å². The SMILES string of the molecule is CCN(C(=O)Cc1csc(C)n1)C(C)(C)C(=O)O. The van der Waals surface area contributed by atoms with Crippen LogP contribution in [-0.2, 0) is 16.0 Å². The van der Waals surface area contributed by atoms with Gasteiger partial charge in [0.15, 0.2) is 0 Å². The Morgan fingerprint density at radius 3 is 2.50 bits per heavy atom. The number of hydrogen-bond donors (Lipinski definition) is 1. The molecule has 0 atom stereocenters. The molecule has 6 heteroatoms. The summed E-state index contributed by atoms with van der Waals surface area (Å²) in [6.07, 6.45) is 0.148. The number of aromatic nitrogens is 1. The number of carbonyl (C=O) groups is 2. The molecule has 1 heterocycles. The number of carboxylic acid groups (broad SMARTS) is 1. The summed E-state index contributed by atoms with van der Waals surface area (Å²) in [6, 6.07) is 0. The van der Waals surface area contributed by atoms with Crippen molar-refractivity contribution in [2.75, 3.05) is 6.54 Å². The van der Waals surface area contributed by atoms with E-state index in [4.69, 9.17) is 5.11 Å². The number of rotatable bonds is 5. The Balaban J connectivity index is 2.83. The van der Waals surface area contributed by atoms with Crippen LogP contribution in [0.4, 0.5) is 0 Å². The van der Waals surface area contributed by atoms with Crippen LogP contribution < -0.4 is 0 Å². The van der Waals surface area contributed by atoms with E-state index in [1.54, 1.807) is 6.92 Å². The zero-order valence-electron chi connectivity index (χ0n) is 11.1. The maximum absolute atomic E-state index is 12.1. The molecule has 100 valence electrons. The summed E-state index contributed by atoms with van der Waals surface area (Å²) in [7, 11) is 0. The summed E-state index contributed by atoms with van der Waals surface area (Å²) in [5.41, 5.74) is -0.501. The van der Waals surface area contributed by atoms with E-state index in [9.17, 15) is 9.59 Å². The minimum atomic E-state index is -1.20. The van der Waals surface area contributed by atoms with Gasteiger partial charge >= 0.3 is 5.97 Å². The number of carboxylic acids is 1. The number of hydrogen-bond acceptors (Lipinski definition) is 4. The molecule has 0 saturated heterocycles. The largest absolute Gasteiger partial charge is 0.480 e. The normalized spacial score (nSPS) is 11.3. The van der Waals surface area contributed by atoms with Crippen LogP contribution in [0, 0.1) is 6.92 Å². The molecule has 0 aromatic carbocycles. The first kappa shape index (κ1) is 14.6. The Hall–Kier alpha value is -1.43. The maximum Gasteiger partial charge on any atom is 0.329 e. The van der Waals surface area contributed by atoms with Crippen molar-refractivity contribution in [3.63, 3.8) is 0 Å². The topological polar surface area (TPSA) is 70.5 Å². The van der Waals surface area contributed by atoms with E-state index in [1.165, 1.54) is 30.1 Å². The second kappa shape index (κ2) is 5.48. The quantitative estimate of drug-likeness (QED) is 0.884. The van der Waals surface area contributed by atoms with Crippen LogP contribution in [-0.4, -0.2) is 39.0 Å². The standard InChI is InChI=1S/C12H18N2O3S/c1-5-14(12(3,4)11(16)17)10(15)6-9-7-18-8(2)13-9/h7H,5-6H2,1-4H3,(H,16,17). The van der Waals surface area contributed by atoms with Crippen molar-refractivity contribution in [3.05, 3.63) is 16.1 Å². The molecule has 1 N–H and O–H groups in total. The molecule has 0 bridgehead atoms. The minimum absolute atomic E-state index is 0.148. The van der Waals surface area contributed by atoms with Gasteiger partial charge in [-0.25, -0.2) is 9.78 Å². The number of aliphatic carboxylic acids is 1. The fourth-order valence-electron chi connectivity index (χ4n) is 1.74. The Bertz CT molecular complexity index is 454. The molecule has 0 aliphatic heterocycles. The van der Waals surface area contributed by atoms with Gasteiger partial charge in [0.25, 0.3) is 0 Å². The van der Waals surface area contributed by atoms with Crippen molar-refractivity contribution in [1.82, 2.24) is 9.88 Å². The van der Waals surface area contributed by atoms with Crippen LogP contribution in [0.3, 0.4) is 0 Å². The number of likely N-dealkylation sites (N-methyl/N-ethyl adjacent to an activating group) is 1. The zero-order chi connectivity index (χ0) is 13.9. The second-order valence-electron chi connectivity index (χ2n) is 4.54. The smallest absolute Gasteiger partial charge is 0.329 e.